The number of amides is 1. The summed E-state index contributed by atoms with van der Waals surface area (Å²) in [5.41, 5.74) is 1.72. The standard InChI is InChI=1S/C19H23FN4O.HI/c1-21-19(23-13-16-9-5-6-10-17(16)20)24-14-18(25)22-12-11-15-7-3-2-4-8-15;/h2-10H,11-14H2,1H3,(H,22,25)(H2,21,23,24);1H. The first-order valence-electron chi connectivity index (χ1n) is 8.17. The Bertz CT molecular complexity index is 710. The molecule has 0 aliphatic heterocycles. The molecule has 0 aliphatic rings. The molecule has 3 N–H and O–H groups in total. The molecule has 1 amide bonds. The molecule has 0 spiro atoms. The molecule has 0 saturated carbocycles. The van der Waals surface area contributed by atoms with Gasteiger partial charge in [-0.1, -0.05) is 48.5 Å². The van der Waals surface area contributed by atoms with Crippen LogP contribution in [0.3, 0.4) is 0 Å². The van der Waals surface area contributed by atoms with Gasteiger partial charge in [-0.3, -0.25) is 9.79 Å². The van der Waals surface area contributed by atoms with Crippen molar-refractivity contribution in [1.82, 2.24) is 16.0 Å². The van der Waals surface area contributed by atoms with Crippen LogP contribution in [0.1, 0.15) is 11.1 Å². The highest BCUT2D eigenvalue weighted by Crippen LogP contribution is 2.05. The minimum absolute atomic E-state index is 0. The lowest BCUT2D eigenvalue weighted by atomic mass is 10.1. The molecule has 0 unspecified atom stereocenters. The van der Waals surface area contributed by atoms with Crippen molar-refractivity contribution in [2.75, 3.05) is 20.1 Å². The monoisotopic (exact) mass is 470 g/mol. The molecular formula is C19H24FIN4O. The zero-order valence-electron chi connectivity index (χ0n) is 14.7. The highest BCUT2D eigenvalue weighted by atomic mass is 127. The molecule has 2 aromatic carbocycles. The molecule has 0 saturated heterocycles. The van der Waals surface area contributed by atoms with E-state index in [2.05, 4.69) is 20.9 Å². The quantitative estimate of drug-likeness (QED) is 0.331. The smallest absolute Gasteiger partial charge is 0.239 e. The van der Waals surface area contributed by atoms with Crippen LogP contribution in [0.25, 0.3) is 0 Å². The minimum atomic E-state index is -0.274. The van der Waals surface area contributed by atoms with Crippen molar-refractivity contribution in [2.45, 2.75) is 13.0 Å². The number of halogens is 2. The number of benzene rings is 2. The lowest BCUT2D eigenvalue weighted by Crippen LogP contribution is -2.43. The zero-order chi connectivity index (χ0) is 17.9. The SMILES string of the molecule is CN=C(NCC(=O)NCCc1ccccc1)NCc1ccccc1F.I. The maximum absolute atomic E-state index is 13.6. The van der Waals surface area contributed by atoms with Crippen LogP contribution < -0.4 is 16.0 Å². The van der Waals surface area contributed by atoms with Gasteiger partial charge < -0.3 is 16.0 Å². The fraction of sp³-hybridized carbons (Fsp3) is 0.263. The number of aliphatic imine (C=N–C) groups is 1. The summed E-state index contributed by atoms with van der Waals surface area (Å²) in [7, 11) is 1.60. The molecule has 0 heterocycles. The molecule has 2 rings (SSSR count). The first-order valence-corrected chi connectivity index (χ1v) is 8.17. The van der Waals surface area contributed by atoms with Crippen molar-refractivity contribution in [3.63, 3.8) is 0 Å². The molecule has 2 aromatic rings. The van der Waals surface area contributed by atoms with Crippen LogP contribution in [0.2, 0.25) is 0 Å². The minimum Gasteiger partial charge on any atom is -0.354 e. The topological polar surface area (TPSA) is 65.5 Å². The Balaban J connectivity index is 0.00000338. The number of carbonyl (C=O) groups is 1. The van der Waals surface area contributed by atoms with E-state index in [4.69, 9.17) is 0 Å². The van der Waals surface area contributed by atoms with Crippen molar-refractivity contribution in [1.29, 1.82) is 0 Å². The first-order chi connectivity index (χ1) is 12.2. The summed E-state index contributed by atoms with van der Waals surface area (Å²) in [5, 5.41) is 8.74. The van der Waals surface area contributed by atoms with Gasteiger partial charge >= 0.3 is 0 Å². The van der Waals surface area contributed by atoms with Gasteiger partial charge in [-0.15, -0.1) is 24.0 Å². The summed E-state index contributed by atoms with van der Waals surface area (Å²) in [6, 6.07) is 16.5. The van der Waals surface area contributed by atoms with E-state index < -0.39 is 0 Å². The Kier molecular flexibility index (Phi) is 10.3. The second kappa shape index (κ2) is 12.2. The fourth-order valence-electron chi connectivity index (χ4n) is 2.26. The molecule has 0 radical (unpaired) electrons. The summed E-state index contributed by atoms with van der Waals surface area (Å²) in [6.45, 7) is 0.972. The number of hydrogen-bond donors (Lipinski definition) is 3. The average Bonchev–Trinajstić information content (AvgIpc) is 2.64. The van der Waals surface area contributed by atoms with Crippen LogP contribution in [0, 0.1) is 5.82 Å². The summed E-state index contributed by atoms with van der Waals surface area (Å²) >= 11 is 0. The van der Waals surface area contributed by atoms with Crippen molar-refractivity contribution in [2.24, 2.45) is 4.99 Å². The molecule has 0 fully saturated rings. The van der Waals surface area contributed by atoms with Gasteiger partial charge in [0.1, 0.15) is 5.82 Å². The molecule has 140 valence electrons. The number of guanidine groups is 1. The third kappa shape index (κ3) is 7.81. The number of nitrogens with one attached hydrogen (secondary N) is 3. The van der Waals surface area contributed by atoms with Crippen molar-refractivity contribution < 1.29 is 9.18 Å². The van der Waals surface area contributed by atoms with Gasteiger partial charge in [-0.2, -0.15) is 0 Å². The fourth-order valence-corrected chi connectivity index (χ4v) is 2.26. The van der Waals surface area contributed by atoms with Gasteiger partial charge in [0.05, 0.1) is 6.54 Å². The summed E-state index contributed by atoms with van der Waals surface area (Å²) in [4.78, 5) is 15.9. The predicted molar refractivity (Wildman–Crippen MR) is 113 cm³/mol. The Morgan fingerprint density at radius 1 is 1.00 bits per heavy atom. The maximum Gasteiger partial charge on any atom is 0.239 e. The Morgan fingerprint density at radius 2 is 1.69 bits per heavy atom. The van der Waals surface area contributed by atoms with E-state index in [1.54, 1.807) is 25.2 Å². The van der Waals surface area contributed by atoms with Crippen LogP contribution in [0.4, 0.5) is 4.39 Å². The molecule has 0 aromatic heterocycles. The van der Waals surface area contributed by atoms with E-state index in [1.807, 2.05) is 30.3 Å². The highest BCUT2D eigenvalue weighted by Gasteiger charge is 2.05. The molecule has 7 heteroatoms. The largest absolute Gasteiger partial charge is 0.354 e. The third-order valence-electron chi connectivity index (χ3n) is 3.62. The van der Waals surface area contributed by atoms with E-state index in [1.165, 1.54) is 11.6 Å². The summed E-state index contributed by atoms with van der Waals surface area (Å²) < 4.78 is 13.6. The molecule has 0 atom stereocenters. The summed E-state index contributed by atoms with van der Waals surface area (Å²) in [6.07, 6.45) is 0.785. The van der Waals surface area contributed by atoms with E-state index in [-0.39, 0.29) is 42.2 Å². The molecule has 0 bridgehead atoms. The van der Waals surface area contributed by atoms with Crippen LogP contribution >= 0.6 is 24.0 Å². The van der Waals surface area contributed by atoms with Gasteiger partial charge in [0.2, 0.25) is 5.91 Å². The normalized spacial score (nSPS) is 10.6. The summed E-state index contributed by atoms with van der Waals surface area (Å²) in [5.74, 6) is 0.0512. The Hall–Kier alpha value is -2.16. The van der Waals surface area contributed by atoms with Gasteiger partial charge in [0.15, 0.2) is 5.96 Å². The molecule has 5 nitrogen and oxygen atoms in total. The third-order valence-corrected chi connectivity index (χ3v) is 3.62. The molecular weight excluding hydrogens is 446 g/mol. The van der Waals surface area contributed by atoms with Crippen molar-refractivity contribution in [3.8, 4) is 0 Å². The van der Waals surface area contributed by atoms with Gasteiger partial charge in [0.25, 0.3) is 0 Å². The molecule has 0 aliphatic carbocycles. The number of carbonyl (C=O) groups excluding carboxylic acids is 1. The van der Waals surface area contributed by atoms with Crippen molar-refractivity contribution >= 4 is 35.8 Å². The maximum atomic E-state index is 13.6. The first kappa shape index (κ1) is 21.9. The number of rotatable bonds is 7. The lowest BCUT2D eigenvalue weighted by molar-refractivity contribution is -0.119. The van der Waals surface area contributed by atoms with E-state index in [9.17, 15) is 9.18 Å². The van der Waals surface area contributed by atoms with Crippen LogP contribution in [-0.4, -0.2) is 32.0 Å². The lowest BCUT2D eigenvalue weighted by Gasteiger charge is -2.12. The zero-order valence-corrected chi connectivity index (χ0v) is 17.0. The van der Waals surface area contributed by atoms with E-state index in [0.717, 1.165) is 6.42 Å². The number of nitrogens with zero attached hydrogens (tertiary/aromatic N) is 1. The Morgan fingerprint density at radius 3 is 2.38 bits per heavy atom. The predicted octanol–water partition coefficient (Wildman–Crippen LogP) is 2.47. The van der Waals surface area contributed by atoms with Crippen LogP contribution in [0.15, 0.2) is 59.6 Å². The van der Waals surface area contributed by atoms with Crippen molar-refractivity contribution in [3.05, 3.63) is 71.5 Å². The number of hydrogen-bond acceptors (Lipinski definition) is 2. The second-order valence-corrected chi connectivity index (χ2v) is 5.46. The second-order valence-electron chi connectivity index (χ2n) is 5.46. The highest BCUT2D eigenvalue weighted by molar-refractivity contribution is 14.0. The molecule has 26 heavy (non-hydrogen) atoms. The van der Waals surface area contributed by atoms with Crippen LogP contribution in [0.5, 0.6) is 0 Å². The van der Waals surface area contributed by atoms with Gasteiger partial charge in [-0.25, -0.2) is 4.39 Å². The Labute approximate surface area is 170 Å². The van der Waals surface area contributed by atoms with E-state index in [0.29, 0.717) is 24.6 Å². The van der Waals surface area contributed by atoms with Gasteiger partial charge in [-0.05, 0) is 18.1 Å². The van der Waals surface area contributed by atoms with Crippen LogP contribution in [-0.2, 0) is 17.8 Å². The van der Waals surface area contributed by atoms with Gasteiger partial charge in [0, 0.05) is 25.7 Å². The average molecular weight is 470 g/mol. The van der Waals surface area contributed by atoms with E-state index >= 15 is 0 Å².